The van der Waals surface area contributed by atoms with Crippen molar-refractivity contribution < 1.29 is 9.47 Å². The summed E-state index contributed by atoms with van der Waals surface area (Å²) in [6, 6.07) is 15.0. The zero-order valence-corrected chi connectivity index (χ0v) is 16.6. The van der Waals surface area contributed by atoms with Gasteiger partial charge in [0.25, 0.3) is 5.03 Å². The molecule has 5 heteroatoms. The van der Waals surface area contributed by atoms with E-state index in [9.17, 15) is 10.5 Å². The Morgan fingerprint density at radius 2 is 1.85 bits per heavy atom. The molecule has 0 aliphatic heterocycles. The zero-order chi connectivity index (χ0) is 19.3. The highest BCUT2D eigenvalue weighted by atomic mass is 32.2. The summed E-state index contributed by atoms with van der Waals surface area (Å²) in [7, 11) is 0. The lowest BCUT2D eigenvalue weighted by atomic mass is 10.1. The van der Waals surface area contributed by atoms with Gasteiger partial charge in [-0.1, -0.05) is 51.2 Å². The summed E-state index contributed by atoms with van der Waals surface area (Å²) in [6.07, 6.45) is 10.7. The third-order valence-electron chi connectivity index (χ3n) is 4.06. The number of nitrogens with zero attached hydrogens (tertiary/aromatic N) is 2. The van der Waals surface area contributed by atoms with Crippen LogP contribution in [0.25, 0.3) is 6.08 Å². The lowest BCUT2D eigenvalue weighted by Crippen LogP contribution is -2.27. The van der Waals surface area contributed by atoms with Gasteiger partial charge in [0.2, 0.25) is 0 Å². The van der Waals surface area contributed by atoms with Gasteiger partial charge in [-0.3, -0.25) is 0 Å². The number of rotatable bonds is 11. The number of hydrogen-bond donors (Lipinski definition) is 0. The molecule has 2 rings (SSSR count). The number of hydrogen-bond acceptors (Lipinski definition) is 4. The average molecular weight is 383 g/mol. The van der Waals surface area contributed by atoms with Gasteiger partial charge in [-0.2, -0.15) is 9.99 Å². The minimum Gasteiger partial charge on any atom is -0.618 e. The molecular weight excluding hydrogens is 356 g/mol. The maximum atomic E-state index is 11.7. The topological polar surface area (TPSA) is 60.0 Å². The summed E-state index contributed by atoms with van der Waals surface area (Å²) in [6.45, 7) is 2.96. The van der Waals surface area contributed by atoms with Crippen LogP contribution in [0, 0.1) is 16.5 Å². The molecule has 0 radical (unpaired) electrons. The largest absolute Gasteiger partial charge is 0.618 e. The van der Waals surface area contributed by atoms with Crippen molar-refractivity contribution in [1.29, 1.82) is 5.26 Å². The maximum absolute atomic E-state index is 11.7. The lowest BCUT2D eigenvalue weighted by Gasteiger charge is -2.06. The molecule has 1 aromatic heterocycles. The van der Waals surface area contributed by atoms with Gasteiger partial charge in [0.1, 0.15) is 11.8 Å². The smallest absolute Gasteiger partial charge is 0.256 e. The normalized spacial score (nSPS) is 11.2. The van der Waals surface area contributed by atoms with Gasteiger partial charge in [-0.15, -0.1) is 0 Å². The highest BCUT2D eigenvalue weighted by Gasteiger charge is 2.08. The number of pyridine rings is 1. The number of unbranched alkanes of at least 4 members (excludes halogenated alkanes) is 5. The Kier molecular flexibility index (Phi) is 9.29. The minimum atomic E-state index is 0.464. The van der Waals surface area contributed by atoms with Gasteiger partial charge in [0.05, 0.1) is 11.5 Å². The van der Waals surface area contributed by atoms with Gasteiger partial charge in [0, 0.05) is 12.1 Å². The highest BCUT2D eigenvalue weighted by Crippen LogP contribution is 2.25. The third-order valence-corrected chi connectivity index (χ3v) is 5.01. The van der Waals surface area contributed by atoms with Crippen molar-refractivity contribution in [1.82, 2.24) is 0 Å². The van der Waals surface area contributed by atoms with Crippen molar-refractivity contribution in [3.63, 3.8) is 0 Å². The number of thioether (sulfide) groups is 1. The van der Waals surface area contributed by atoms with Crippen molar-refractivity contribution in [2.75, 3.05) is 6.61 Å². The first kappa shape index (κ1) is 20.9. The van der Waals surface area contributed by atoms with Crippen molar-refractivity contribution in [3.8, 4) is 11.8 Å². The predicted molar refractivity (Wildman–Crippen MR) is 110 cm³/mol. The van der Waals surface area contributed by atoms with Gasteiger partial charge in [0.15, 0.2) is 6.20 Å². The molecule has 4 nitrogen and oxygen atoms in total. The summed E-state index contributed by atoms with van der Waals surface area (Å²) >= 11 is 1.16. The van der Waals surface area contributed by atoms with E-state index in [4.69, 9.17) is 4.74 Å². The van der Waals surface area contributed by atoms with E-state index < -0.39 is 0 Å². The molecule has 0 unspecified atom stereocenters. The fourth-order valence-corrected chi connectivity index (χ4v) is 3.34. The lowest BCUT2D eigenvalue weighted by molar-refractivity contribution is -0.645. The number of ether oxygens (including phenoxy) is 1. The predicted octanol–water partition coefficient (Wildman–Crippen LogP) is 5.72. The Balaban J connectivity index is 1.84. The number of benzene rings is 1. The second-order valence-electron chi connectivity index (χ2n) is 6.27. The van der Waals surface area contributed by atoms with E-state index in [0.717, 1.165) is 40.8 Å². The minimum absolute atomic E-state index is 0.464. The first-order valence-electron chi connectivity index (χ1n) is 9.43. The van der Waals surface area contributed by atoms with E-state index in [-0.39, 0.29) is 0 Å². The van der Waals surface area contributed by atoms with Gasteiger partial charge in [-0.25, -0.2) is 0 Å². The van der Waals surface area contributed by atoms with E-state index in [1.54, 1.807) is 24.3 Å². The molecule has 1 heterocycles. The van der Waals surface area contributed by atoms with Gasteiger partial charge >= 0.3 is 0 Å². The molecule has 0 bridgehead atoms. The number of aromatic nitrogens is 1. The van der Waals surface area contributed by atoms with Crippen LogP contribution in [0.5, 0.6) is 5.75 Å². The van der Waals surface area contributed by atoms with Crippen molar-refractivity contribution in [2.45, 2.75) is 50.5 Å². The summed E-state index contributed by atoms with van der Waals surface area (Å²) in [4.78, 5) is 0.464. The monoisotopic (exact) mass is 382 g/mol. The van der Waals surface area contributed by atoms with Crippen LogP contribution in [0.15, 0.2) is 58.6 Å². The Morgan fingerprint density at radius 1 is 1.11 bits per heavy atom. The van der Waals surface area contributed by atoms with Crippen LogP contribution in [-0.2, 0) is 0 Å². The maximum Gasteiger partial charge on any atom is 0.256 e. The second-order valence-corrected chi connectivity index (χ2v) is 7.33. The van der Waals surface area contributed by atoms with E-state index in [2.05, 4.69) is 13.0 Å². The van der Waals surface area contributed by atoms with Crippen LogP contribution >= 0.6 is 11.8 Å². The third kappa shape index (κ3) is 7.76. The Bertz CT molecular complexity index is 767. The molecule has 0 amide bonds. The van der Waals surface area contributed by atoms with Crippen molar-refractivity contribution >= 4 is 17.8 Å². The van der Waals surface area contributed by atoms with Crippen LogP contribution < -0.4 is 9.47 Å². The average Bonchev–Trinajstić information content (AvgIpc) is 2.69. The van der Waals surface area contributed by atoms with E-state index in [1.165, 1.54) is 38.3 Å². The zero-order valence-electron chi connectivity index (χ0n) is 15.8. The van der Waals surface area contributed by atoms with Crippen LogP contribution in [-0.4, -0.2) is 6.61 Å². The Morgan fingerprint density at radius 3 is 2.56 bits per heavy atom. The second kappa shape index (κ2) is 12.0. The highest BCUT2D eigenvalue weighted by molar-refractivity contribution is 8.03. The molecule has 0 aliphatic carbocycles. The molecule has 2 aromatic rings. The van der Waals surface area contributed by atoms with Crippen LogP contribution in [0.2, 0.25) is 0 Å². The summed E-state index contributed by atoms with van der Waals surface area (Å²) in [5.41, 5.74) is 0.902. The number of nitriles is 1. The van der Waals surface area contributed by atoms with E-state index in [0.29, 0.717) is 9.93 Å². The molecule has 0 saturated heterocycles. The molecule has 0 atom stereocenters. The Labute approximate surface area is 166 Å². The molecule has 1 aromatic carbocycles. The molecule has 0 saturated carbocycles. The molecule has 27 heavy (non-hydrogen) atoms. The van der Waals surface area contributed by atoms with Crippen LogP contribution in [0.1, 0.15) is 51.0 Å². The van der Waals surface area contributed by atoms with E-state index in [1.807, 2.05) is 24.3 Å². The number of allylic oxidation sites excluding steroid dienone is 1. The fraction of sp³-hybridized carbons (Fsp3) is 0.364. The molecular formula is C22H26N2O2S. The molecule has 0 spiro atoms. The molecule has 0 fully saturated rings. The van der Waals surface area contributed by atoms with Crippen LogP contribution in [0.4, 0.5) is 0 Å². The Hall–Kier alpha value is -2.45. The van der Waals surface area contributed by atoms with Gasteiger partial charge < -0.3 is 9.94 Å². The first-order valence-corrected chi connectivity index (χ1v) is 10.3. The van der Waals surface area contributed by atoms with Gasteiger partial charge in [-0.05, 0) is 48.0 Å². The SMILES string of the molecule is CCCCCCCCOc1ccc(/C=C(\C#N)Sc2cccc[n+]2[O-])cc1. The van der Waals surface area contributed by atoms with E-state index >= 15 is 0 Å². The van der Waals surface area contributed by atoms with Crippen molar-refractivity contribution in [2.24, 2.45) is 0 Å². The molecule has 0 aliphatic rings. The summed E-state index contributed by atoms with van der Waals surface area (Å²) in [5.74, 6) is 0.840. The van der Waals surface area contributed by atoms with Crippen molar-refractivity contribution in [3.05, 3.63) is 64.3 Å². The fourth-order valence-electron chi connectivity index (χ4n) is 2.57. The first-order chi connectivity index (χ1) is 13.2. The summed E-state index contributed by atoms with van der Waals surface area (Å²) < 4.78 is 6.53. The quantitative estimate of drug-likeness (QED) is 0.164. The standard InChI is InChI=1S/C22H26N2O2S/c1-2-3-4-5-6-9-16-26-20-13-11-19(12-14-20)17-21(18-23)27-22-10-7-8-15-24(22)25/h7-8,10-15,17H,2-6,9,16H2,1H3/b21-17+. The van der Waals surface area contributed by atoms with Crippen LogP contribution in [0.3, 0.4) is 0 Å². The molecule has 142 valence electrons. The summed E-state index contributed by atoms with van der Waals surface area (Å²) in [5, 5.41) is 21.5. The molecule has 0 N–H and O–H groups in total.